The van der Waals surface area contributed by atoms with Gasteiger partial charge in [-0.15, -0.1) is 0 Å². The molecule has 8 nitrogen and oxygen atoms in total. The van der Waals surface area contributed by atoms with Crippen LogP contribution in [-0.4, -0.2) is 74.2 Å². The number of benzene rings is 2. The van der Waals surface area contributed by atoms with Gasteiger partial charge in [0.25, 0.3) is 0 Å². The second-order valence-corrected chi connectivity index (χ2v) is 9.87. The van der Waals surface area contributed by atoms with E-state index in [1.165, 1.54) is 0 Å². The SMILES string of the molecule is COCCCN(CC(=O)N(CCc1c[nH]c2ccccc12)Cc1ccc(OC)c(OC)c1)C(=O)CC(C)C. The normalized spacial score (nSPS) is 11.1. The summed E-state index contributed by atoms with van der Waals surface area (Å²) in [6, 6.07) is 13.8. The number of nitrogens with one attached hydrogen (secondary N) is 1. The number of nitrogens with zero attached hydrogens (tertiary/aromatic N) is 2. The number of H-pyrrole nitrogens is 1. The highest BCUT2D eigenvalue weighted by molar-refractivity contribution is 5.85. The number of aromatic amines is 1. The molecule has 2 aromatic carbocycles. The van der Waals surface area contributed by atoms with Crippen LogP contribution in [0.15, 0.2) is 48.7 Å². The number of amides is 2. The molecule has 0 fully saturated rings. The molecule has 38 heavy (non-hydrogen) atoms. The summed E-state index contributed by atoms with van der Waals surface area (Å²) in [6.45, 7) is 5.99. The Morgan fingerprint density at radius 3 is 2.39 bits per heavy atom. The number of para-hydroxylation sites is 1. The Labute approximate surface area is 225 Å². The molecule has 1 aromatic heterocycles. The number of rotatable bonds is 15. The van der Waals surface area contributed by atoms with E-state index in [0.717, 1.165) is 22.0 Å². The molecule has 0 aliphatic rings. The molecule has 1 N–H and O–H groups in total. The van der Waals surface area contributed by atoms with E-state index < -0.39 is 0 Å². The summed E-state index contributed by atoms with van der Waals surface area (Å²) < 4.78 is 16.0. The molecule has 206 valence electrons. The molecule has 0 bridgehead atoms. The highest BCUT2D eigenvalue weighted by Crippen LogP contribution is 2.28. The van der Waals surface area contributed by atoms with Crippen molar-refractivity contribution in [3.05, 3.63) is 59.8 Å². The standard InChI is InChI=1S/C30H41N3O5/c1-22(2)17-29(34)32(14-8-16-36-3)21-30(35)33(20-23-11-12-27(37-4)28(18-23)38-5)15-13-24-19-31-26-10-7-6-9-25(24)26/h6-7,9-12,18-19,22,31H,8,13-17,20-21H2,1-5H3. The topological polar surface area (TPSA) is 84.1 Å². The first-order chi connectivity index (χ1) is 18.4. The first kappa shape index (κ1) is 29.0. The zero-order valence-corrected chi connectivity index (χ0v) is 23.3. The van der Waals surface area contributed by atoms with Crippen molar-refractivity contribution in [2.45, 2.75) is 39.7 Å². The van der Waals surface area contributed by atoms with E-state index >= 15 is 0 Å². The van der Waals surface area contributed by atoms with Crippen molar-refractivity contribution in [2.75, 3.05) is 47.6 Å². The summed E-state index contributed by atoms with van der Waals surface area (Å²) >= 11 is 0. The van der Waals surface area contributed by atoms with Crippen LogP contribution in [-0.2, 0) is 27.3 Å². The third kappa shape index (κ3) is 7.99. The molecule has 0 unspecified atom stereocenters. The van der Waals surface area contributed by atoms with Gasteiger partial charge in [0.15, 0.2) is 11.5 Å². The van der Waals surface area contributed by atoms with Crippen molar-refractivity contribution in [3.63, 3.8) is 0 Å². The van der Waals surface area contributed by atoms with Gasteiger partial charge in [0, 0.05) is 56.9 Å². The van der Waals surface area contributed by atoms with Crippen LogP contribution in [0.2, 0.25) is 0 Å². The lowest BCUT2D eigenvalue weighted by Gasteiger charge is -2.28. The summed E-state index contributed by atoms with van der Waals surface area (Å²) in [5, 5.41) is 1.15. The highest BCUT2D eigenvalue weighted by atomic mass is 16.5. The fourth-order valence-corrected chi connectivity index (χ4v) is 4.52. The Bertz CT molecular complexity index is 1190. The molecule has 0 saturated heterocycles. The second-order valence-electron chi connectivity index (χ2n) is 9.87. The average molecular weight is 524 g/mol. The highest BCUT2D eigenvalue weighted by Gasteiger charge is 2.23. The number of hydrogen-bond acceptors (Lipinski definition) is 5. The van der Waals surface area contributed by atoms with Gasteiger partial charge in [0.1, 0.15) is 0 Å². The van der Waals surface area contributed by atoms with Gasteiger partial charge in [-0.1, -0.05) is 38.1 Å². The molecule has 8 heteroatoms. The van der Waals surface area contributed by atoms with Gasteiger partial charge < -0.3 is 29.0 Å². The first-order valence-corrected chi connectivity index (χ1v) is 13.2. The summed E-state index contributed by atoms with van der Waals surface area (Å²) in [6.07, 6.45) is 3.78. The van der Waals surface area contributed by atoms with Crippen molar-refractivity contribution in [3.8, 4) is 11.5 Å². The maximum atomic E-state index is 13.7. The quantitative estimate of drug-likeness (QED) is 0.293. The Hall–Kier alpha value is -3.52. The average Bonchev–Trinajstić information content (AvgIpc) is 3.33. The van der Waals surface area contributed by atoms with E-state index in [-0.39, 0.29) is 24.3 Å². The Morgan fingerprint density at radius 1 is 0.921 bits per heavy atom. The molecule has 3 aromatic rings. The van der Waals surface area contributed by atoms with E-state index in [9.17, 15) is 9.59 Å². The molecule has 0 aliphatic heterocycles. The molecule has 3 rings (SSSR count). The zero-order chi connectivity index (χ0) is 27.5. The number of carbonyl (C=O) groups is 2. The molecule has 0 radical (unpaired) electrons. The molecule has 2 amide bonds. The Morgan fingerprint density at radius 2 is 1.68 bits per heavy atom. The van der Waals surface area contributed by atoms with Gasteiger partial charge in [-0.25, -0.2) is 0 Å². The number of fused-ring (bicyclic) bond motifs is 1. The summed E-state index contributed by atoms with van der Waals surface area (Å²) in [4.78, 5) is 33.5. The lowest BCUT2D eigenvalue weighted by atomic mass is 10.1. The lowest BCUT2D eigenvalue weighted by Crippen LogP contribution is -2.44. The fraction of sp³-hybridized carbons (Fsp3) is 0.467. The third-order valence-electron chi connectivity index (χ3n) is 6.54. The van der Waals surface area contributed by atoms with Gasteiger partial charge in [-0.2, -0.15) is 0 Å². The van der Waals surface area contributed by atoms with Gasteiger partial charge >= 0.3 is 0 Å². The fourth-order valence-electron chi connectivity index (χ4n) is 4.52. The van der Waals surface area contributed by atoms with Gasteiger partial charge in [-0.05, 0) is 48.1 Å². The van der Waals surface area contributed by atoms with Gasteiger partial charge in [0.05, 0.1) is 20.8 Å². The summed E-state index contributed by atoms with van der Waals surface area (Å²) in [5.74, 6) is 1.37. The predicted octanol–water partition coefficient (Wildman–Crippen LogP) is 4.67. The molecule has 0 atom stereocenters. The van der Waals surface area contributed by atoms with Crippen molar-refractivity contribution in [2.24, 2.45) is 5.92 Å². The Balaban J connectivity index is 1.82. The van der Waals surface area contributed by atoms with Crippen LogP contribution >= 0.6 is 0 Å². The van der Waals surface area contributed by atoms with E-state index in [2.05, 4.69) is 11.1 Å². The lowest BCUT2D eigenvalue weighted by molar-refractivity contribution is -0.141. The maximum Gasteiger partial charge on any atom is 0.242 e. The van der Waals surface area contributed by atoms with E-state index in [1.54, 1.807) is 26.2 Å². The van der Waals surface area contributed by atoms with Crippen LogP contribution < -0.4 is 9.47 Å². The van der Waals surface area contributed by atoms with Gasteiger partial charge in [0.2, 0.25) is 11.8 Å². The number of aromatic nitrogens is 1. The smallest absolute Gasteiger partial charge is 0.242 e. The van der Waals surface area contributed by atoms with Crippen molar-refractivity contribution >= 4 is 22.7 Å². The minimum absolute atomic E-state index is 0.00727. The van der Waals surface area contributed by atoms with Crippen LogP contribution in [0.3, 0.4) is 0 Å². The van der Waals surface area contributed by atoms with Crippen LogP contribution in [0.4, 0.5) is 0 Å². The largest absolute Gasteiger partial charge is 0.493 e. The minimum Gasteiger partial charge on any atom is -0.493 e. The molecular weight excluding hydrogens is 482 g/mol. The minimum atomic E-state index is -0.0888. The van der Waals surface area contributed by atoms with Crippen LogP contribution in [0.1, 0.15) is 37.8 Å². The monoisotopic (exact) mass is 523 g/mol. The third-order valence-corrected chi connectivity index (χ3v) is 6.54. The number of hydrogen-bond donors (Lipinski definition) is 1. The van der Waals surface area contributed by atoms with E-state index in [0.29, 0.717) is 57.0 Å². The van der Waals surface area contributed by atoms with Crippen molar-refractivity contribution < 1.29 is 23.8 Å². The zero-order valence-electron chi connectivity index (χ0n) is 23.3. The van der Waals surface area contributed by atoms with Crippen LogP contribution in [0, 0.1) is 5.92 Å². The molecule has 0 aliphatic carbocycles. The van der Waals surface area contributed by atoms with Gasteiger partial charge in [-0.3, -0.25) is 9.59 Å². The van der Waals surface area contributed by atoms with Crippen molar-refractivity contribution in [1.82, 2.24) is 14.8 Å². The van der Waals surface area contributed by atoms with Crippen LogP contribution in [0.25, 0.3) is 10.9 Å². The summed E-state index contributed by atoms with van der Waals surface area (Å²) in [7, 11) is 4.84. The van der Waals surface area contributed by atoms with E-state index in [1.807, 2.05) is 61.3 Å². The van der Waals surface area contributed by atoms with Crippen molar-refractivity contribution in [1.29, 1.82) is 0 Å². The number of methoxy groups -OCH3 is 3. The first-order valence-electron chi connectivity index (χ1n) is 13.2. The Kier molecular flexibility index (Phi) is 11.0. The summed E-state index contributed by atoms with van der Waals surface area (Å²) in [5.41, 5.74) is 3.15. The molecule has 0 saturated carbocycles. The number of ether oxygens (including phenoxy) is 3. The molecule has 1 heterocycles. The predicted molar refractivity (Wildman–Crippen MR) is 149 cm³/mol. The second kappa shape index (κ2) is 14.4. The van der Waals surface area contributed by atoms with Crippen LogP contribution in [0.5, 0.6) is 11.5 Å². The van der Waals surface area contributed by atoms with E-state index in [4.69, 9.17) is 14.2 Å². The molecular formula is C30H41N3O5. The maximum absolute atomic E-state index is 13.7. The molecule has 0 spiro atoms. The number of carbonyl (C=O) groups excluding carboxylic acids is 2.